The Morgan fingerprint density at radius 2 is 1.59 bits per heavy atom. The fourth-order valence-corrected chi connectivity index (χ4v) is 3.82. The minimum absolute atomic E-state index is 0.112. The van der Waals surface area contributed by atoms with Crippen molar-refractivity contribution in [3.05, 3.63) is 0 Å². The molecule has 0 amide bonds. The van der Waals surface area contributed by atoms with Crippen LogP contribution in [-0.4, -0.2) is 22.1 Å². The fraction of sp³-hybridized carbons (Fsp3) is 0.947. The van der Waals surface area contributed by atoms with Gasteiger partial charge < -0.3 is 4.84 Å². The summed E-state index contributed by atoms with van der Waals surface area (Å²) in [4.78, 5) is 18.2. The van der Waals surface area contributed by atoms with Crippen LogP contribution >= 0.6 is 0 Å². The number of hydrogen-bond acceptors (Lipinski definition) is 3. The maximum absolute atomic E-state index is 12.3. The van der Waals surface area contributed by atoms with Crippen molar-refractivity contribution in [3.8, 4) is 0 Å². The van der Waals surface area contributed by atoms with Gasteiger partial charge in [-0.05, 0) is 67.2 Å². The van der Waals surface area contributed by atoms with Crippen LogP contribution in [-0.2, 0) is 9.63 Å². The molecule has 0 aromatic heterocycles. The number of rotatable bonds is 5. The van der Waals surface area contributed by atoms with E-state index in [1.165, 1.54) is 25.7 Å². The first kappa shape index (κ1) is 19.5. The van der Waals surface area contributed by atoms with Crippen LogP contribution in [0.3, 0.4) is 0 Å². The van der Waals surface area contributed by atoms with E-state index in [1.54, 1.807) is 0 Å². The highest BCUT2D eigenvalue weighted by molar-refractivity contribution is 5.75. The zero-order chi connectivity index (χ0) is 17.2. The quantitative estimate of drug-likeness (QED) is 0.642. The first-order chi connectivity index (χ1) is 9.90. The predicted octanol–water partition coefficient (Wildman–Crippen LogP) is 5.34. The lowest BCUT2D eigenvalue weighted by atomic mass is 9.73. The van der Waals surface area contributed by atoms with Gasteiger partial charge in [-0.2, -0.15) is 0 Å². The molecule has 3 heteroatoms. The normalized spacial score (nSPS) is 22.5. The van der Waals surface area contributed by atoms with E-state index >= 15 is 0 Å². The maximum atomic E-state index is 12.3. The van der Waals surface area contributed by atoms with Crippen molar-refractivity contribution < 1.29 is 9.63 Å². The molecule has 0 radical (unpaired) electrons. The number of hydrogen-bond donors (Lipinski definition) is 0. The van der Waals surface area contributed by atoms with Gasteiger partial charge in [0.2, 0.25) is 0 Å². The second-order valence-corrected chi connectivity index (χ2v) is 9.32. The van der Waals surface area contributed by atoms with E-state index in [0.29, 0.717) is 0 Å². The zero-order valence-electron chi connectivity index (χ0n) is 16.1. The van der Waals surface area contributed by atoms with Gasteiger partial charge >= 0.3 is 5.97 Å². The van der Waals surface area contributed by atoms with E-state index < -0.39 is 5.41 Å². The predicted molar refractivity (Wildman–Crippen MR) is 92.4 cm³/mol. The van der Waals surface area contributed by atoms with Gasteiger partial charge in [-0.25, -0.2) is 4.79 Å². The van der Waals surface area contributed by atoms with E-state index in [0.717, 1.165) is 18.8 Å². The Bertz CT molecular complexity index is 361. The molecule has 1 heterocycles. The molecule has 1 rings (SSSR count). The number of unbranched alkanes of at least 4 members (excludes halogenated alkanes) is 2. The largest absolute Gasteiger partial charge is 0.366 e. The van der Waals surface area contributed by atoms with Crippen molar-refractivity contribution in [2.24, 2.45) is 11.3 Å². The van der Waals surface area contributed by atoms with Crippen molar-refractivity contribution in [2.45, 2.75) is 105 Å². The lowest BCUT2D eigenvalue weighted by Gasteiger charge is -2.53. The van der Waals surface area contributed by atoms with Crippen LogP contribution in [0.4, 0.5) is 0 Å². The molecule has 1 aliphatic rings. The summed E-state index contributed by atoms with van der Waals surface area (Å²) in [6.07, 6.45) is 7.39. The number of carbonyl (C=O) groups excluding carboxylic acids is 1. The first-order valence-corrected chi connectivity index (χ1v) is 8.93. The summed E-state index contributed by atoms with van der Waals surface area (Å²) in [5, 5.41) is 1.98. The fourth-order valence-electron chi connectivity index (χ4n) is 3.82. The molecule has 0 aromatic rings. The van der Waals surface area contributed by atoms with Gasteiger partial charge in [0.05, 0.1) is 16.5 Å². The van der Waals surface area contributed by atoms with Crippen molar-refractivity contribution in [2.75, 3.05) is 0 Å². The number of piperidine rings is 1. The third-order valence-electron chi connectivity index (χ3n) is 4.68. The molecule has 0 spiro atoms. The summed E-state index contributed by atoms with van der Waals surface area (Å²) in [5.74, 6) is 0.583. The van der Waals surface area contributed by atoms with Gasteiger partial charge in [0.15, 0.2) is 0 Å². The smallest absolute Gasteiger partial charge is 0.330 e. The van der Waals surface area contributed by atoms with Crippen LogP contribution in [0.1, 0.15) is 93.9 Å². The van der Waals surface area contributed by atoms with Crippen LogP contribution in [0.5, 0.6) is 0 Å². The van der Waals surface area contributed by atoms with Gasteiger partial charge in [-0.15, -0.1) is 5.06 Å². The van der Waals surface area contributed by atoms with Gasteiger partial charge in [0.25, 0.3) is 0 Å². The summed E-state index contributed by atoms with van der Waals surface area (Å²) in [6.45, 7) is 16.8. The van der Waals surface area contributed by atoms with Crippen molar-refractivity contribution >= 4 is 5.97 Å². The molecule has 0 N–H and O–H groups in total. The van der Waals surface area contributed by atoms with Crippen LogP contribution in [0, 0.1) is 11.3 Å². The second kappa shape index (κ2) is 6.90. The Balaban J connectivity index is 2.81. The van der Waals surface area contributed by atoms with E-state index in [-0.39, 0.29) is 17.0 Å². The third kappa shape index (κ3) is 4.97. The van der Waals surface area contributed by atoms with Gasteiger partial charge in [0.1, 0.15) is 0 Å². The van der Waals surface area contributed by atoms with E-state index in [9.17, 15) is 4.79 Å². The summed E-state index contributed by atoms with van der Waals surface area (Å²) < 4.78 is 0. The molecule has 1 saturated heterocycles. The molecule has 0 aromatic carbocycles. The topological polar surface area (TPSA) is 29.5 Å². The molecule has 0 aliphatic carbocycles. The Labute approximate surface area is 137 Å². The van der Waals surface area contributed by atoms with Gasteiger partial charge in [-0.1, -0.05) is 32.6 Å². The molecule has 0 unspecified atom stereocenters. The highest BCUT2D eigenvalue weighted by Gasteiger charge is 2.48. The SMILES string of the molecule is CCCCCC1CC(C)(C)N(OC(=O)C(C)(C)C)C(C)(C)C1. The lowest BCUT2D eigenvalue weighted by Crippen LogP contribution is -2.61. The molecule has 0 bridgehead atoms. The Kier molecular flexibility index (Phi) is 6.11. The average molecular weight is 312 g/mol. The zero-order valence-corrected chi connectivity index (χ0v) is 16.1. The van der Waals surface area contributed by atoms with Crippen molar-refractivity contribution in [1.82, 2.24) is 5.06 Å². The first-order valence-electron chi connectivity index (χ1n) is 8.93. The molecule has 130 valence electrons. The van der Waals surface area contributed by atoms with Crippen molar-refractivity contribution in [3.63, 3.8) is 0 Å². The van der Waals surface area contributed by atoms with E-state index in [1.807, 2.05) is 25.8 Å². The Hall–Kier alpha value is -0.570. The summed E-state index contributed by atoms with van der Waals surface area (Å²) >= 11 is 0. The maximum Gasteiger partial charge on any atom is 0.330 e. The number of hydroxylamine groups is 2. The molecule has 0 atom stereocenters. The summed E-state index contributed by atoms with van der Waals surface area (Å²) in [5.41, 5.74) is -0.691. The molecule has 22 heavy (non-hydrogen) atoms. The molecular formula is C19H37NO2. The monoisotopic (exact) mass is 311 g/mol. The minimum atomic E-state index is -0.468. The molecule has 3 nitrogen and oxygen atoms in total. The highest BCUT2D eigenvalue weighted by Crippen LogP contribution is 2.43. The second-order valence-electron chi connectivity index (χ2n) is 9.32. The third-order valence-corrected chi connectivity index (χ3v) is 4.68. The van der Waals surface area contributed by atoms with Crippen LogP contribution < -0.4 is 0 Å². The number of carbonyl (C=O) groups is 1. The van der Waals surface area contributed by atoms with Crippen LogP contribution in [0.15, 0.2) is 0 Å². The van der Waals surface area contributed by atoms with Crippen LogP contribution in [0.25, 0.3) is 0 Å². The lowest BCUT2D eigenvalue weighted by molar-refractivity contribution is -0.277. The van der Waals surface area contributed by atoms with Gasteiger partial charge in [-0.3, -0.25) is 0 Å². The molecule has 1 aliphatic heterocycles. The molecular weight excluding hydrogens is 274 g/mol. The Morgan fingerprint density at radius 3 is 2.00 bits per heavy atom. The number of nitrogens with zero attached hydrogens (tertiary/aromatic N) is 1. The Morgan fingerprint density at radius 1 is 1.09 bits per heavy atom. The standard InChI is InChI=1S/C19H37NO2/c1-9-10-11-12-15-13-18(5,6)20(19(7,8)14-15)22-16(21)17(2,3)4/h15H,9-14H2,1-8H3. The summed E-state index contributed by atoms with van der Waals surface area (Å²) in [6, 6.07) is 0. The summed E-state index contributed by atoms with van der Waals surface area (Å²) in [7, 11) is 0. The molecule has 0 saturated carbocycles. The molecule has 1 fully saturated rings. The van der Waals surface area contributed by atoms with Crippen LogP contribution in [0.2, 0.25) is 0 Å². The van der Waals surface area contributed by atoms with E-state index in [2.05, 4.69) is 34.6 Å². The highest BCUT2D eigenvalue weighted by atomic mass is 16.7. The van der Waals surface area contributed by atoms with E-state index in [4.69, 9.17) is 4.84 Å². The van der Waals surface area contributed by atoms with Gasteiger partial charge in [0, 0.05) is 0 Å². The minimum Gasteiger partial charge on any atom is -0.366 e. The average Bonchev–Trinajstić information content (AvgIpc) is 2.31. The van der Waals surface area contributed by atoms with Crippen molar-refractivity contribution in [1.29, 1.82) is 0 Å².